The van der Waals surface area contributed by atoms with Gasteiger partial charge in [-0.25, -0.2) is 0 Å². The first-order valence-corrected chi connectivity index (χ1v) is 9.40. The van der Waals surface area contributed by atoms with E-state index in [1.807, 2.05) is 13.8 Å². The van der Waals surface area contributed by atoms with Crippen molar-refractivity contribution in [2.45, 2.75) is 102 Å². The lowest BCUT2D eigenvalue weighted by atomic mass is 9.79. The van der Waals surface area contributed by atoms with Crippen molar-refractivity contribution in [1.82, 2.24) is 5.32 Å². The van der Waals surface area contributed by atoms with Crippen molar-refractivity contribution in [3.63, 3.8) is 0 Å². The zero-order valence-corrected chi connectivity index (χ0v) is 14.7. The molecule has 2 rings (SSSR count). The first-order chi connectivity index (χ1) is 10.9. The lowest BCUT2D eigenvalue weighted by molar-refractivity contribution is -0.227. The van der Waals surface area contributed by atoms with Gasteiger partial charge in [-0.2, -0.15) is 0 Å². The fourth-order valence-electron chi connectivity index (χ4n) is 3.96. The predicted octanol–water partition coefficient (Wildman–Crippen LogP) is 1.93. The average molecular weight is 329 g/mol. The molecule has 0 radical (unpaired) electrons. The molecule has 2 aliphatic rings. The molecule has 136 valence electrons. The van der Waals surface area contributed by atoms with Gasteiger partial charge in [0.15, 0.2) is 5.79 Å². The third-order valence-corrected chi connectivity index (χ3v) is 5.60. The van der Waals surface area contributed by atoms with Crippen molar-refractivity contribution in [2.24, 2.45) is 5.92 Å². The van der Waals surface area contributed by atoms with Gasteiger partial charge in [-0.05, 0) is 52.4 Å². The Kier molecular flexibility index (Phi) is 7.29. The summed E-state index contributed by atoms with van der Waals surface area (Å²) in [6, 6.07) is -0.340. The van der Waals surface area contributed by atoms with E-state index in [9.17, 15) is 15.3 Å². The minimum atomic E-state index is -1.74. The van der Waals surface area contributed by atoms with Gasteiger partial charge in [0, 0.05) is 12.0 Å². The molecule has 2 unspecified atom stereocenters. The molecule has 5 heteroatoms. The topological polar surface area (TPSA) is 82.0 Å². The number of rotatable bonds is 7. The Bertz CT molecular complexity index is 336. The van der Waals surface area contributed by atoms with Crippen LogP contribution in [-0.2, 0) is 4.74 Å². The van der Waals surface area contributed by atoms with Crippen LogP contribution in [0.25, 0.3) is 0 Å². The second-order valence-corrected chi connectivity index (χ2v) is 7.67. The molecule has 4 N–H and O–H groups in total. The van der Waals surface area contributed by atoms with Crippen molar-refractivity contribution in [1.29, 1.82) is 0 Å². The van der Waals surface area contributed by atoms with E-state index in [0.717, 1.165) is 12.8 Å². The minimum Gasteiger partial charge on any atom is -0.393 e. The predicted molar refractivity (Wildman–Crippen MR) is 90.0 cm³/mol. The Balaban J connectivity index is 1.73. The van der Waals surface area contributed by atoms with E-state index in [1.54, 1.807) is 0 Å². The van der Waals surface area contributed by atoms with E-state index in [-0.39, 0.29) is 18.1 Å². The molecular formula is C18H35NO4. The van der Waals surface area contributed by atoms with Gasteiger partial charge < -0.3 is 25.4 Å². The Labute approximate surface area is 140 Å². The summed E-state index contributed by atoms with van der Waals surface area (Å²) in [6.07, 6.45) is 8.84. The van der Waals surface area contributed by atoms with Crippen LogP contribution in [0.2, 0.25) is 0 Å². The highest BCUT2D eigenvalue weighted by molar-refractivity contribution is 4.89. The van der Waals surface area contributed by atoms with Crippen molar-refractivity contribution in [2.75, 3.05) is 6.61 Å². The van der Waals surface area contributed by atoms with Crippen molar-refractivity contribution >= 4 is 0 Å². The number of aliphatic hydroxyl groups excluding tert-OH is 1. The summed E-state index contributed by atoms with van der Waals surface area (Å²) in [5.74, 6) is -1.92. The summed E-state index contributed by atoms with van der Waals surface area (Å²) in [5, 5.41) is 33.9. The van der Waals surface area contributed by atoms with Gasteiger partial charge in [-0.15, -0.1) is 0 Å². The highest BCUT2D eigenvalue weighted by atomic mass is 16.5. The van der Waals surface area contributed by atoms with Crippen molar-refractivity contribution in [3.05, 3.63) is 0 Å². The van der Waals surface area contributed by atoms with E-state index in [4.69, 9.17) is 4.74 Å². The zero-order chi connectivity index (χ0) is 16.9. The summed E-state index contributed by atoms with van der Waals surface area (Å²) in [5.41, 5.74) is 0. The highest BCUT2D eigenvalue weighted by Crippen LogP contribution is 2.33. The standard InChI is InChI=1S/C18H35NO4/c1-13(12-23-17-6-4-3-5-7-17)19-14(2)18(21,22)15-8-10-16(20)11-9-15/h13-17,19-22H,3-12H2,1-2H3. The number of hydrogen-bond acceptors (Lipinski definition) is 5. The van der Waals surface area contributed by atoms with Crippen LogP contribution in [0.1, 0.15) is 71.6 Å². The second-order valence-electron chi connectivity index (χ2n) is 7.67. The minimum absolute atomic E-state index is 0.0831. The molecule has 0 aromatic carbocycles. The molecule has 0 saturated heterocycles. The first kappa shape index (κ1) is 19.1. The largest absolute Gasteiger partial charge is 0.393 e. The normalized spacial score (nSPS) is 30.1. The van der Waals surface area contributed by atoms with Gasteiger partial charge in [-0.1, -0.05) is 19.3 Å². The molecule has 2 atom stereocenters. The number of ether oxygens (including phenoxy) is 1. The fourth-order valence-corrected chi connectivity index (χ4v) is 3.96. The molecule has 5 nitrogen and oxygen atoms in total. The smallest absolute Gasteiger partial charge is 0.180 e. The van der Waals surface area contributed by atoms with E-state index >= 15 is 0 Å². The number of hydrogen-bond donors (Lipinski definition) is 4. The molecule has 23 heavy (non-hydrogen) atoms. The molecule has 2 saturated carbocycles. The zero-order valence-electron chi connectivity index (χ0n) is 14.7. The summed E-state index contributed by atoms with van der Waals surface area (Å²) < 4.78 is 5.96. The number of nitrogens with one attached hydrogen (secondary N) is 1. The fraction of sp³-hybridized carbons (Fsp3) is 1.00. The van der Waals surface area contributed by atoms with E-state index in [0.29, 0.717) is 38.4 Å². The third kappa shape index (κ3) is 5.68. The lowest BCUT2D eigenvalue weighted by Crippen LogP contribution is -2.57. The number of aliphatic hydroxyl groups is 3. The summed E-state index contributed by atoms with van der Waals surface area (Å²) in [6.45, 7) is 4.46. The van der Waals surface area contributed by atoms with Crippen LogP contribution in [0.5, 0.6) is 0 Å². The van der Waals surface area contributed by atoms with Gasteiger partial charge in [-0.3, -0.25) is 0 Å². The summed E-state index contributed by atoms with van der Waals surface area (Å²) in [4.78, 5) is 0. The van der Waals surface area contributed by atoms with Crippen LogP contribution in [0.3, 0.4) is 0 Å². The van der Waals surface area contributed by atoms with Crippen LogP contribution >= 0.6 is 0 Å². The van der Waals surface area contributed by atoms with Gasteiger partial charge in [0.1, 0.15) is 0 Å². The second kappa shape index (κ2) is 8.77. The molecule has 0 aromatic heterocycles. The molecule has 2 fully saturated rings. The molecule has 0 bridgehead atoms. The molecule has 0 amide bonds. The van der Waals surface area contributed by atoms with E-state index in [2.05, 4.69) is 5.32 Å². The third-order valence-electron chi connectivity index (χ3n) is 5.60. The van der Waals surface area contributed by atoms with E-state index in [1.165, 1.54) is 19.3 Å². The van der Waals surface area contributed by atoms with Crippen LogP contribution in [-0.4, -0.2) is 52.0 Å². The first-order valence-electron chi connectivity index (χ1n) is 9.40. The molecule has 0 spiro atoms. The molecule has 0 aliphatic heterocycles. The maximum Gasteiger partial charge on any atom is 0.180 e. The van der Waals surface area contributed by atoms with E-state index < -0.39 is 11.8 Å². The van der Waals surface area contributed by atoms with Crippen LogP contribution in [0.15, 0.2) is 0 Å². The van der Waals surface area contributed by atoms with Gasteiger partial charge >= 0.3 is 0 Å². The van der Waals surface area contributed by atoms with Gasteiger partial charge in [0.25, 0.3) is 0 Å². The molecule has 0 aromatic rings. The Morgan fingerprint density at radius 1 is 1.00 bits per heavy atom. The summed E-state index contributed by atoms with van der Waals surface area (Å²) in [7, 11) is 0. The van der Waals surface area contributed by atoms with Crippen LogP contribution < -0.4 is 5.32 Å². The Hall–Kier alpha value is -0.200. The van der Waals surface area contributed by atoms with Crippen molar-refractivity contribution < 1.29 is 20.1 Å². The maximum atomic E-state index is 10.5. The average Bonchev–Trinajstić information content (AvgIpc) is 2.54. The van der Waals surface area contributed by atoms with Gasteiger partial charge in [0.2, 0.25) is 0 Å². The van der Waals surface area contributed by atoms with Crippen molar-refractivity contribution in [3.8, 4) is 0 Å². The van der Waals surface area contributed by atoms with Crippen LogP contribution in [0.4, 0.5) is 0 Å². The monoisotopic (exact) mass is 329 g/mol. The molecule has 2 aliphatic carbocycles. The van der Waals surface area contributed by atoms with Gasteiger partial charge in [0.05, 0.1) is 24.9 Å². The molecule has 0 heterocycles. The molecular weight excluding hydrogens is 294 g/mol. The highest BCUT2D eigenvalue weighted by Gasteiger charge is 2.41. The quantitative estimate of drug-likeness (QED) is 0.537. The summed E-state index contributed by atoms with van der Waals surface area (Å²) >= 11 is 0. The Morgan fingerprint density at radius 3 is 2.22 bits per heavy atom. The SMILES string of the molecule is CC(COC1CCCCC1)NC(C)C(O)(O)C1CCC(O)CC1. The Morgan fingerprint density at radius 2 is 1.61 bits per heavy atom. The maximum absolute atomic E-state index is 10.5. The van der Waals surface area contributed by atoms with Crippen LogP contribution in [0, 0.1) is 5.92 Å². The lowest BCUT2D eigenvalue weighted by Gasteiger charge is -2.40.